The lowest BCUT2D eigenvalue weighted by Gasteiger charge is -2.41. The highest BCUT2D eigenvalue weighted by molar-refractivity contribution is 6.30. The van der Waals surface area contributed by atoms with Gasteiger partial charge in [-0.3, -0.25) is 0 Å². The summed E-state index contributed by atoms with van der Waals surface area (Å²) < 4.78 is 0. The number of amides is 2. The predicted molar refractivity (Wildman–Crippen MR) is 148 cm³/mol. The number of halogens is 1. The van der Waals surface area contributed by atoms with Crippen molar-refractivity contribution in [3.63, 3.8) is 0 Å². The van der Waals surface area contributed by atoms with Gasteiger partial charge in [0.1, 0.15) is 0 Å². The number of carbonyl (C=O) groups excluding carboxylic acids is 1. The number of benzene rings is 2. The third-order valence-corrected chi connectivity index (χ3v) is 8.07. The molecule has 204 valence electrons. The van der Waals surface area contributed by atoms with Crippen LogP contribution in [0.5, 0.6) is 0 Å². The van der Waals surface area contributed by atoms with Crippen LogP contribution in [0.2, 0.25) is 5.02 Å². The van der Waals surface area contributed by atoms with Crippen LogP contribution in [0.25, 0.3) is 0 Å². The number of nitrogens with one attached hydrogen (secondary N) is 2. The van der Waals surface area contributed by atoms with E-state index < -0.39 is 6.10 Å². The molecule has 1 fully saturated rings. The van der Waals surface area contributed by atoms with Gasteiger partial charge >= 0.3 is 6.03 Å². The fourth-order valence-corrected chi connectivity index (χ4v) is 5.45. The highest BCUT2D eigenvalue weighted by Crippen LogP contribution is 2.39. The first kappa shape index (κ1) is 28.0. The average molecular weight is 539 g/mol. The number of hydrogen-bond donors (Lipinski definition) is 3. The van der Waals surface area contributed by atoms with E-state index in [9.17, 15) is 9.90 Å². The third kappa shape index (κ3) is 7.32. The maximum atomic E-state index is 13.7. The second-order valence-corrected chi connectivity index (χ2v) is 11.9. The van der Waals surface area contributed by atoms with Crippen molar-refractivity contribution >= 4 is 17.6 Å². The normalized spacial score (nSPS) is 19.5. The van der Waals surface area contributed by atoms with E-state index in [1.54, 1.807) is 0 Å². The monoisotopic (exact) mass is 538 g/mol. The molecule has 0 saturated heterocycles. The Morgan fingerprint density at radius 3 is 2.29 bits per heavy atom. The molecule has 0 spiro atoms. The lowest BCUT2D eigenvalue weighted by Crippen LogP contribution is -2.48. The molecule has 1 saturated carbocycles. The van der Waals surface area contributed by atoms with Crippen molar-refractivity contribution in [1.82, 2.24) is 30.8 Å². The van der Waals surface area contributed by atoms with Gasteiger partial charge in [0, 0.05) is 24.0 Å². The second kappa shape index (κ2) is 12.3. The van der Waals surface area contributed by atoms with E-state index in [1.165, 1.54) is 0 Å². The first-order valence-corrected chi connectivity index (χ1v) is 13.8. The van der Waals surface area contributed by atoms with Crippen molar-refractivity contribution in [3.8, 4) is 0 Å². The standard InChI is InChI=1S/C29H39ClN6O2/c1-19(21-9-13-24(30)14-10-21)31-28(38)36(25-15-11-23(12-16-25)29(2,3)4)18-20-5-7-22(8-6-20)26(37)17-27-32-34-35-33-27/h5-10,13-14,19,23,25-26,37H,11-12,15-18H2,1-4H3,(H,31,38)(H,32,33,34,35). The number of aliphatic hydroxyl groups is 1. The van der Waals surface area contributed by atoms with Gasteiger partial charge in [-0.2, -0.15) is 5.21 Å². The van der Waals surface area contributed by atoms with Gasteiger partial charge in [0.2, 0.25) is 0 Å². The summed E-state index contributed by atoms with van der Waals surface area (Å²) in [6.45, 7) is 9.43. The van der Waals surface area contributed by atoms with Gasteiger partial charge in [-0.15, -0.1) is 10.2 Å². The van der Waals surface area contributed by atoms with E-state index in [0.717, 1.165) is 42.4 Å². The number of aliphatic hydroxyl groups excluding tert-OH is 1. The van der Waals surface area contributed by atoms with E-state index in [2.05, 4.69) is 46.7 Å². The quantitative estimate of drug-likeness (QED) is 0.325. The van der Waals surface area contributed by atoms with Crippen LogP contribution in [0.15, 0.2) is 48.5 Å². The molecule has 9 heteroatoms. The largest absolute Gasteiger partial charge is 0.388 e. The lowest BCUT2D eigenvalue weighted by molar-refractivity contribution is 0.103. The zero-order valence-corrected chi connectivity index (χ0v) is 23.4. The van der Waals surface area contributed by atoms with Crippen LogP contribution in [-0.4, -0.2) is 42.7 Å². The summed E-state index contributed by atoms with van der Waals surface area (Å²) in [6, 6.07) is 15.3. The van der Waals surface area contributed by atoms with E-state index in [1.807, 2.05) is 60.4 Å². The SMILES string of the molecule is CC(NC(=O)N(Cc1ccc(C(O)Cc2nn[nH]n2)cc1)C1CCC(C(C)(C)C)CC1)c1ccc(Cl)cc1. The lowest BCUT2D eigenvalue weighted by atomic mass is 9.71. The van der Waals surface area contributed by atoms with Gasteiger partial charge in [-0.25, -0.2) is 4.79 Å². The summed E-state index contributed by atoms with van der Waals surface area (Å²) in [5, 5.41) is 28.2. The van der Waals surface area contributed by atoms with E-state index >= 15 is 0 Å². The molecule has 38 heavy (non-hydrogen) atoms. The zero-order valence-electron chi connectivity index (χ0n) is 22.7. The molecular weight excluding hydrogens is 500 g/mol. The van der Waals surface area contributed by atoms with Crippen LogP contribution in [-0.2, 0) is 13.0 Å². The fourth-order valence-electron chi connectivity index (χ4n) is 5.32. The van der Waals surface area contributed by atoms with Crippen LogP contribution < -0.4 is 5.32 Å². The Balaban J connectivity index is 1.47. The summed E-state index contributed by atoms with van der Waals surface area (Å²) in [5.41, 5.74) is 3.09. The van der Waals surface area contributed by atoms with E-state index in [4.69, 9.17) is 11.6 Å². The maximum Gasteiger partial charge on any atom is 0.318 e. The van der Waals surface area contributed by atoms with Crippen LogP contribution in [0.1, 0.15) is 88.0 Å². The second-order valence-electron chi connectivity index (χ2n) is 11.5. The van der Waals surface area contributed by atoms with Crippen LogP contribution in [0.3, 0.4) is 0 Å². The van der Waals surface area contributed by atoms with Crippen molar-refractivity contribution in [2.75, 3.05) is 0 Å². The molecule has 0 aliphatic heterocycles. The number of nitrogens with zero attached hydrogens (tertiary/aromatic N) is 4. The molecule has 2 atom stereocenters. The van der Waals surface area contributed by atoms with Crippen LogP contribution in [0.4, 0.5) is 4.79 Å². The number of hydrogen-bond acceptors (Lipinski definition) is 5. The number of rotatable bonds is 8. The van der Waals surface area contributed by atoms with Gasteiger partial charge in [-0.1, -0.05) is 74.0 Å². The minimum atomic E-state index is -0.728. The van der Waals surface area contributed by atoms with Gasteiger partial charge in [-0.05, 0) is 72.8 Å². The Labute approximate surface area is 230 Å². The highest BCUT2D eigenvalue weighted by Gasteiger charge is 2.34. The summed E-state index contributed by atoms with van der Waals surface area (Å²) in [6.07, 6.45) is 3.77. The molecule has 2 aromatic carbocycles. The molecule has 2 amide bonds. The van der Waals surface area contributed by atoms with Gasteiger partial charge in [0.25, 0.3) is 0 Å². The van der Waals surface area contributed by atoms with Crippen molar-refractivity contribution < 1.29 is 9.90 Å². The molecule has 1 aliphatic carbocycles. The van der Waals surface area contributed by atoms with Crippen molar-refractivity contribution in [2.45, 2.75) is 84.5 Å². The van der Waals surface area contributed by atoms with Crippen molar-refractivity contribution in [3.05, 3.63) is 76.1 Å². The number of H-pyrrole nitrogens is 1. The van der Waals surface area contributed by atoms with Gasteiger partial charge in [0.05, 0.1) is 12.1 Å². The summed E-state index contributed by atoms with van der Waals surface area (Å²) >= 11 is 6.05. The molecular formula is C29H39ClN6O2. The van der Waals surface area contributed by atoms with Crippen LogP contribution in [0, 0.1) is 11.3 Å². The van der Waals surface area contributed by atoms with Crippen molar-refractivity contribution in [1.29, 1.82) is 0 Å². The summed E-state index contributed by atoms with van der Waals surface area (Å²) in [5.74, 6) is 1.13. The molecule has 3 aromatic rings. The summed E-state index contributed by atoms with van der Waals surface area (Å²) in [7, 11) is 0. The molecule has 0 radical (unpaired) electrons. The summed E-state index contributed by atoms with van der Waals surface area (Å²) in [4.78, 5) is 15.7. The number of urea groups is 1. The zero-order chi connectivity index (χ0) is 27.3. The van der Waals surface area contributed by atoms with Crippen molar-refractivity contribution in [2.24, 2.45) is 11.3 Å². The fraction of sp³-hybridized carbons (Fsp3) is 0.517. The Hall–Kier alpha value is -2.97. The number of carbonyl (C=O) groups is 1. The Morgan fingerprint density at radius 1 is 1.08 bits per heavy atom. The molecule has 1 aromatic heterocycles. The Morgan fingerprint density at radius 2 is 1.71 bits per heavy atom. The Kier molecular flexibility index (Phi) is 9.05. The molecule has 3 N–H and O–H groups in total. The average Bonchev–Trinajstić information content (AvgIpc) is 3.40. The van der Waals surface area contributed by atoms with Crippen LogP contribution >= 0.6 is 11.6 Å². The molecule has 4 rings (SSSR count). The highest BCUT2D eigenvalue weighted by atomic mass is 35.5. The van der Waals surface area contributed by atoms with E-state index in [0.29, 0.717) is 23.3 Å². The topological polar surface area (TPSA) is 107 Å². The predicted octanol–water partition coefficient (Wildman–Crippen LogP) is 6.01. The number of aromatic amines is 1. The minimum Gasteiger partial charge on any atom is -0.388 e. The molecule has 2 unspecified atom stereocenters. The number of tetrazole rings is 1. The molecule has 8 nitrogen and oxygen atoms in total. The Bertz CT molecular complexity index is 1150. The van der Waals surface area contributed by atoms with Gasteiger partial charge in [0.15, 0.2) is 5.82 Å². The smallest absolute Gasteiger partial charge is 0.318 e. The first-order valence-electron chi connectivity index (χ1n) is 13.4. The third-order valence-electron chi connectivity index (χ3n) is 7.82. The van der Waals surface area contributed by atoms with Gasteiger partial charge < -0.3 is 15.3 Å². The molecule has 1 heterocycles. The minimum absolute atomic E-state index is 0.0622. The van der Waals surface area contributed by atoms with E-state index in [-0.39, 0.29) is 30.0 Å². The number of aromatic nitrogens is 4. The molecule has 0 bridgehead atoms. The first-order chi connectivity index (χ1) is 18.1. The maximum absolute atomic E-state index is 13.7. The molecule has 1 aliphatic rings.